The highest BCUT2D eigenvalue weighted by Crippen LogP contribution is 2.06. The Bertz CT molecular complexity index is 220. The number of halogens is 2. The molecule has 1 unspecified atom stereocenters. The molecular weight excluding hydrogens is 285 g/mol. The van der Waals surface area contributed by atoms with E-state index in [-0.39, 0.29) is 36.6 Å². The number of carbonyl (C=O) groups is 1. The van der Waals surface area contributed by atoms with Gasteiger partial charge in [-0.3, -0.25) is 4.79 Å². The van der Waals surface area contributed by atoms with E-state index < -0.39 is 0 Å². The largest absolute Gasteiger partial charge is 0.356 e. The van der Waals surface area contributed by atoms with Crippen LogP contribution in [0.2, 0.25) is 0 Å². The Morgan fingerprint density at radius 3 is 2.47 bits per heavy atom. The first-order valence-electron chi connectivity index (χ1n) is 6.98. The van der Waals surface area contributed by atoms with E-state index in [0.717, 1.165) is 52.1 Å². The van der Waals surface area contributed by atoms with Crippen LogP contribution < -0.4 is 10.6 Å². The van der Waals surface area contributed by atoms with Crippen molar-refractivity contribution in [3.05, 3.63) is 0 Å². The van der Waals surface area contributed by atoms with Crippen molar-refractivity contribution in [2.45, 2.75) is 33.1 Å². The molecule has 1 heterocycles. The van der Waals surface area contributed by atoms with E-state index in [1.165, 1.54) is 6.42 Å². The summed E-state index contributed by atoms with van der Waals surface area (Å²) in [5.74, 6) is 0.440. The smallest absolute Gasteiger partial charge is 0.224 e. The Morgan fingerprint density at radius 2 is 1.95 bits per heavy atom. The van der Waals surface area contributed by atoms with Gasteiger partial charge in [-0.1, -0.05) is 13.8 Å². The fourth-order valence-electron chi connectivity index (χ4n) is 2.23. The molecule has 0 aromatic carbocycles. The van der Waals surface area contributed by atoms with E-state index in [9.17, 15) is 4.79 Å². The predicted octanol–water partition coefficient (Wildman–Crippen LogP) is 1.68. The molecule has 1 amide bonds. The van der Waals surface area contributed by atoms with E-state index in [2.05, 4.69) is 29.4 Å². The lowest BCUT2D eigenvalue weighted by atomic mass is 10.1. The third-order valence-corrected chi connectivity index (χ3v) is 3.53. The number of nitrogens with zero attached hydrogens (tertiary/aromatic N) is 1. The number of hydrogen-bond acceptors (Lipinski definition) is 3. The van der Waals surface area contributed by atoms with Crippen LogP contribution in [0.1, 0.15) is 33.1 Å². The summed E-state index contributed by atoms with van der Waals surface area (Å²) in [6, 6.07) is 0. The van der Waals surface area contributed by atoms with Crippen LogP contribution in [0.15, 0.2) is 0 Å². The second-order valence-corrected chi connectivity index (χ2v) is 4.71. The first-order valence-corrected chi connectivity index (χ1v) is 6.98. The van der Waals surface area contributed by atoms with E-state index in [1.807, 2.05) is 0 Å². The monoisotopic (exact) mass is 313 g/mol. The molecule has 0 spiro atoms. The van der Waals surface area contributed by atoms with Gasteiger partial charge in [0.2, 0.25) is 5.91 Å². The highest BCUT2D eigenvalue weighted by Gasteiger charge is 2.21. The van der Waals surface area contributed by atoms with E-state index in [1.54, 1.807) is 0 Å². The van der Waals surface area contributed by atoms with Crippen LogP contribution in [-0.2, 0) is 4.79 Å². The summed E-state index contributed by atoms with van der Waals surface area (Å²) in [6.07, 6.45) is 3.25. The van der Waals surface area contributed by atoms with Gasteiger partial charge in [0.05, 0.1) is 5.92 Å². The zero-order chi connectivity index (χ0) is 12.5. The van der Waals surface area contributed by atoms with Crippen molar-refractivity contribution in [3.8, 4) is 0 Å². The third-order valence-electron chi connectivity index (χ3n) is 3.53. The van der Waals surface area contributed by atoms with Crippen molar-refractivity contribution in [3.63, 3.8) is 0 Å². The van der Waals surface area contributed by atoms with Crippen LogP contribution in [0, 0.1) is 5.92 Å². The Labute approximate surface area is 129 Å². The third kappa shape index (κ3) is 8.69. The average molecular weight is 314 g/mol. The van der Waals surface area contributed by atoms with Gasteiger partial charge >= 0.3 is 0 Å². The van der Waals surface area contributed by atoms with Crippen molar-refractivity contribution in [2.24, 2.45) is 5.92 Å². The van der Waals surface area contributed by atoms with Crippen molar-refractivity contribution in [2.75, 3.05) is 39.3 Å². The minimum Gasteiger partial charge on any atom is -0.356 e. The van der Waals surface area contributed by atoms with Crippen LogP contribution in [0.3, 0.4) is 0 Å². The summed E-state index contributed by atoms with van der Waals surface area (Å²) in [6.45, 7) is 10.4. The maximum Gasteiger partial charge on any atom is 0.224 e. The zero-order valence-electron chi connectivity index (χ0n) is 12.1. The molecule has 0 saturated carbocycles. The molecule has 0 bridgehead atoms. The molecule has 2 N–H and O–H groups in total. The molecule has 116 valence electrons. The fraction of sp³-hybridized carbons (Fsp3) is 0.923. The molecule has 19 heavy (non-hydrogen) atoms. The van der Waals surface area contributed by atoms with Crippen molar-refractivity contribution in [1.82, 2.24) is 15.5 Å². The van der Waals surface area contributed by atoms with Crippen LogP contribution in [0.4, 0.5) is 0 Å². The van der Waals surface area contributed by atoms with Gasteiger partial charge in [0.1, 0.15) is 0 Å². The highest BCUT2D eigenvalue weighted by molar-refractivity contribution is 5.85. The standard InChI is InChI=1S/C13H27N3O.2ClH/c1-3-16(4-2)10-6-5-8-15-13(17)12-7-9-14-11-12;;/h12,14H,3-11H2,1-2H3,(H,15,17);2*1H. The molecule has 0 aromatic rings. The lowest BCUT2D eigenvalue weighted by Crippen LogP contribution is -2.33. The second-order valence-electron chi connectivity index (χ2n) is 4.71. The van der Waals surface area contributed by atoms with Crippen LogP contribution in [0.5, 0.6) is 0 Å². The number of unbranched alkanes of at least 4 members (excludes halogenated alkanes) is 1. The molecule has 1 fully saturated rings. The normalized spacial score (nSPS) is 17.7. The molecule has 4 nitrogen and oxygen atoms in total. The molecule has 0 aliphatic carbocycles. The van der Waals surface area contributed by atoms with E-state index in [0.29, 0.717) is 0 Å². The maximum absolute atomic E-state index is 11.7. The number of hydrogen-bond donors (Lipinski definition) is 2. The van der Waals surface area contributed by atoms with Gasteiger partial charge in [0.25, 0.3) is 0 Å². The molecule has 1 atom stereocenters. The first kappa shape index (κ1) is 21.3. The second kappa shape index (κ2) is 13.0. The van der Waals surface area contributed by atoms with Crippen molar-refractivity contribution in [1.29, 1.82) is 0 Å². The summed E-state index contributed by atoms with van der Waals surface area (Å²) >= 11 is 0. The average Bonchev–Trinajstić information content (AvgIpc) is 2.87. The van der Waals surface area contributed by atoms with E-state index in [4.69, 9.17) is 0 Å². The Hall–Kier alpha value is -0.0300. The molecular formula is C13H29Cl2N3O. The van der Waals surface area contributed by atoms with Gasteiger partial charge in [-0.25, -0.2) is 0 Å². The van der Waals surface area contributed by atoms with Crippen molar-refractivity contribution >= 4 is 30.7 Å². The van der Waals surface area contributed by atoms with Gasteiger partial charge in [0.15, 0.2) is 0 Å². The maximum atomic E-state index is 11.7. The van der Waals surface area contributed by atoms with Gasteiger partial charge in [-0.2, -0.15) is 0 Å². The topological polar surface area (TPSA) is 44.4 Å². The Kier molecular flexibility index (Phi) is 14.5. The molecule has 6 heteroatoms. The summed E-state index contributed by atoms with van der Waals surface area (Å²) in [5, 5.41) is 6.25. The van der Waals surface area contributed by atoms with Crippen molar-refractivity contribution < 1.29 is 4.79 Å². The van der Waals surface area contributed by atoms with E-state index >= 15 is 0 Å². The van der Waals surface area contributed by atoms with Crippen LogP contribution in [0.25, 0.3) is 0 Å². The summed E-state index contributed by atoms with van der Waals surface area (Å²) in [5.41, 5.74) is 0. The Morgan fingerprint density at radius 1 is 1.26 bits per heavy atom. The summed E-state index contributed by atoms with van der Waals surface area (Å²) < 4.78 is 0. The number of nitrogens with one attached hydrogen (secondary N) is 2. The number of carbonyl (C=O) groups excluding carboxylic acids is 1. The molecule has 0 aromatic heterocycles. The molecule has 1 aliphatic heterocycles. The van der Waals surface area contributed by atoms with Crippen LogP contribution >= 0.6 is 24.8 Å². The van der Waals surface area contributed by atoms with Gasteiger partial charge in [-0.05, 0) is 45.4 Å². The molecule has 1 saturated heterocycles. The van der Waals surface area contributed by atoms with Gasteiger partial charge < -0.3 is 15.5 Å². The first-order chi connectivity index (χ1) is 8.27. The lowest BCUT2D eigenvalue weighted by Gasteiger charge is -2.17. The molecule has 1 aliphatic rings. The molecule has 1 rings (SSSR count). The summed E-state index contributed by atoms with van der Waals surface area (Å²) in [7, 11) is 0. The minimum absolute atomic E-state index is 0. The zero-order valence-corrected chi connectivity index (χ0v) is 13.7. The number of rotatable bonds is 8. The summed E-state index contributed by atoms with van der Waals surface area (Å²) in [4.78, 5) is 14.1. The van der Waals surface area contributed by atoms with Gasteiger partial charge in [-0.15, -0.1) is 24.8 Å². The molecule has 0 radical (unpaired) electrons. The number of amides is 1. The SMILES string of the molecule is CCN(CC)CCCCNC(=O)C1CCNC1.Cl.Cl. The quantitative estimate of drug-likeness (QED) is 0.670. The minimum atomic E-state index is 0. The van der Waals surface area contributed by atoms with Gasteiger partial charge in [0, 0.05) is 13.1 Å². The highest BCUT2D eigenvalue weighted by atomic mass is 35.5. The Balaban J connectivity index is 0. The predicted molar refractivity (Wildman–Crippen MR) is 85.5 cm³/mol. The fourth-order valence-corrected chi connectivity index (χ4v) is 2.23. The lowest BCUT2D eigenvalue weighted by molar-refractivity contribution is -0.124. The van der Waals surface area contributed by atoms with Crippen LogP contribution in [-0.4, -0.2) is 50.1 Å².